The first-order chi connectivity index (χ1) is 11.5. The van der Waals surface area contributed by atoms with Crippen molar-refractivity contribution in [3.63, 3.8) is 0 Å². The van der Waals surface area contributed by atoms with E-state index in [0.29, 0.717) is 43.6 Å². The molecule has 0 bridgehead atoms. The van der Waals surface area contributed by atoms with Crippen molar-refractivity contribution in [1.29, 1.82) is 0 Å². The average Bonchev–Trinajstić information content (AvgIpc) is 2.51. The fraction of sp³-hybridized carbons (Fsp3) is 0.850. The first-order valence-electron chi connectivity index (χ1n) is 9.52. The molecule has 4 N–H and O–H groups in total. The average molecular weight is 352 g/mol. The van der Waals surface area contributed by atoms with E-state index in [2.05, 4.69) is 13.8 Å². The standard InChI is InChI=1S/C20H32O5/c1-11(2)12-8-13-14(21)10-15-18(3,17(23)24)6-5-7-19(15,4)20(13,25)16(22)9-12/h8,11-12,14-16,21-22,25H,5-7,9-10H2,1-4H3,(H,23,24)/t12-,14-,15+,16-,18-,19+,20+/m1/s1. The van der Waals surface area contributed by atoms with E-state index in [1.807, 2.05) is 13.0 Å². The van der Waals surface area contributed by atoms with Crippen molar-refractivity contribution in [2.45, 2.75) is 77.6 Å². The van der Waals surface area contributed by atoms with Crippen LogP contribution in [-0.4, -0.2) is 44.2 Å². The van der Waals surface area contributed by atoms with Gasteiger partial charge in [0.25, 0.3) is 0 Å². The minimum Gasteiger partial charge on any atom is -0.481 e. The second-order valence-corrected chi connectivity index (χ2v) is 9.35. The lowest BCUT2D eigenvalue weighted by Crippen LogP contribution is -2.69. The van der Waals surface area contributed by atoms with Crippen LogP contribution >= 0.6 is 0 Å². The van der Waals surface area contributed by atoms with Crippen molar-refractivity contribution >= 4 is 5.97 Å². The quantitative estimate of drug-likeness (QED) is 0.572. The molecule has 0 heterocycles. The topological polar surface area (TPSA) is 98.0 Å². The Morgan fingerprint density at radius 3 is 2.40 bits per heavy atom. The van der Waals surface area contributed by atoms with Gasteiger partial charge in [0, 0.05) is 5.41 Å². The molecule has 3 aliphatic rings. The molecule has 0 aromatic heterocycles. The Kier molecular flexibility index (Phi) is 4.37. The van der Waals surface area contributed by atoms with Crippen molar-refractivity contribution < 1.29 is 25.2 Å². The zero-order valence-corrected chi connectivity index (χ0v) is 15.7. The van der Waals surface area contributed by atoms with E-state index in [1.165, 1.54) is 0 Å². The molecule has 5 nitrogen and oxygen atoms in total. The van der Waals surface area contributed by atoms with Gasteiger partial charge in [0.2, 0.25) is 0 Å². The number of hydrogen-bond donors (Lipinski definition) is 4. The lowest BCUT2D eigenvalue weighted by molar-refractivity contribution is -0.226. The molecule has 5 heteroatoms. The van der Waals surface area contributed by atoms with E-state index in [9.17, 15) is 25.2 Å². The Hall–Kier alpha value is -0.910. The molecule has 0 saturated heterocycles. The third-order valence-electron chi connectivity index (χ3n) is 7.78. The molecule has 0 unspecified atom stereocenters. The maximum absolute atomic E-state index is 12.0. The van der Waals surface area contributed by atoms with Gasteiger partial charge < -0.3 is 20.4 Å². The van der Waals surface area contributed by atoms with Crippen molar-refractivity contribution in [3.8, 4) is 0 Å². The number of aliphatic carboxylic acids is 1. The molecular formula is C20H32O5. The van der Waals surface area contributed by atoms with Crippen LogP contribution in [0.4, 0.5) is 0 Å². The molecule has 25 heavy (non-hydrogen) atoms. The van der Waals surface area contributed by atoms with Crippen LogP contribution in [0.1, 0.15) is 59.8 Å². The number of carboxylic acid groups (broad SMARTS) is 1. The van der Waals surface area contributed by atoms with Gasteiger partial charge in [-0.1, -0.05) is 33.3 Å². The molecule has 0 aromatic carbocycles. The fourth-order valence-corrected chi connectivity index (χ4v) is 6.04. The number of rotatable bonds is 2. The van der Waals surface area contributed by atoms with Crippen LogP contribution in [0.5, 0.6) is 0 Å². The molecule has 2 saturated carbocycles. The minimum absolute atomic E-state index is 0.106. The highest BCUT2D eigenvalue weighted by atomic mass is 16.4. The first kappa shape index (κ1) is 18.9. The van der Waals surface area contributed by atoms with Gasteiger partial charge in [-0.25, -0.2) is 0 Å². The number of carboxylic acids is 1. The van der Waals surface area contributed by atoms with Crippen molar-refractivity contribution in [2.24, 2.45) is 28.6 Å². The summed E-state index contributed by atoms with van der Waals surface area (Å²) in [5.74, 6) is -0.847. The van der Waals surface area contributed by atoms with Gasteiger partial charge >= 0.3 is 5.97 Å². The molecule has 0 spiro atoms. The summed E-state index contributed by atoms with van der Waals surface area (Å²) in [6.07, 6.45) is 2.72. The highest BCUT2D eigenvalue weighted by Crippen LogP contribution is 2.65. The third kappa shape index (κ3) is 2.35. The van der Waals surface area contributed by atoms with E-state index < -0.39 is 34.6 Å². The largest absolute Gasteiger partial charge is 0.481 e. The Morgan fingerprint density at radius 2 is 1.84 bits per heavy atom. The summed E-state index contributed by atoms with van der Waals surface area (Å²) >= 11 is 0. The summed E-state index contributed by atoms with van der Waals surface area (Å²) in [5.41, 5.74) is -2.80. The van der Waals surface area contributed by atoms with Gasteiger partial charge in [0.1, 0.15) is 5.60 Å². The van der Waals surface area contributed by atoms with Crippen LogP contribution in [0, 0.1) is 28.6 Å². The summed E-state index contributed by atoms with van der Waals surface area (Å²) in [6.45, 7) is 7.78. The Bertz CT molecular complexity index is 599. The summed E-state index contributed by atoms with van der Waals surface area (Å²) in [6, 6.07) is 0. The van der Waals surface area contributed by atoms with Crippen LogP contribution in [-0.2, 0) is 4.79 Å². The van der Waals surface area contributed by atoms with Gasteiger partial charge in [0.05, 0.1) is 17.6 Å². The summed E-state index contributed by atoms with van der Waals surface area (Å²) in [5, 5.41) is 43.4. The zero-order chi connectivity index (χ0) is 18.8. The van der Waals surface area contributed by atoms with Gasteiger partial charge in [-0.2, -0.15) is 0 Å². The second kappa shape index (κ2) is 5.80. The smallest absolute Gasteiger partial charge is 0.309 e. The van der Waals surface area contributed by atoms with E-state index in [1.54, 1.807) is 6.92 Å². The number of aliphatic hydroxyl groups excluding tert-OH is 2. The molecule has 142 valence electrons. The molecule has 2 fully saturated rings. The predicted molar refractivity (Wildman–Crippen MR) is 93.8 cm³/mol. The number of carbonyl (C=O) groups is 1. The van der Waals surface area contributed by atoms with Gasteiger partial charge in [-0.15, -0.1) is 0 Å². The molecule has 3 rings (SSSR count). The highest BCUT2D eigenvalue weighted by Gasteiger charge is 2.68. The maximum Gasteiger partial charge on any atom is 0.309 e. The first-order valence-corrected chi connectivity index (χ1v) is 9.52. The molecule has 7 atom stereocenters. The Morgan fingerprint density at radius 1 is 1.20 bits per heavy atom. The summed E-state index contributed by atoms with van der Waals surface area (Å²) in [7, 11) is 0. The zero-order valence-electron chi connectivity index (χ0n) is 15.7. The summed E-state index contributed by atoms with van der Waals surface area (Å²) < 4.78 is 0. The molecule has 0 amide bonds. The number of allylic oxidation sites excluding steroid dienone is 1. The lowest BCUT2D eigenvalue weighted by atomic mass is 9.42. The molecule has 3 aliphatic carbocycles. The van der Waals surface area contributed by atoms with Crippen LogP contribution in [0.2, 0.25) is 0 Å². The normalized spacial score (nSPS) is 50.0. The lowest BCUT2D eigenvalue weighted by Gasteiger charge is -2.64. The van der Waals surface area contributed by atoms with E-state index >= 15 is 0 Å². The van der Waals surface area contributed by atoms with Crippen LogP contribution in [0.15, 0.2) is 11.6 Å². The van der Waals surface area contributed by atoms with Crippen molar-refractivity contribution in [1.82, 2.24) is 0 Å². The Labute approximate surface area is 149 Å². The number of aliphatic hydroxyl groups is 3. The highest BCUT2D eigenvalue weighted by molar-refractivity contribution is 5.75. The third-order valence-corrected chi connectivity index (χ3v) is 7.78. The molecule has 0 radical (unpaired) electrons. The van der Waals surface area contributed by atoms with Crippen molar-refractivity contribution in [2.75, 3.05) is 0 Å². The van der Waals surface area contributed by atoms with Gasteiger partial charge in [0.15, 0.2) is 0 Å². The monoisotopic (exact) mass is 352 g/mol. The number of fused-ring (bicyclic) bond motifs is 3. The van der Waals surface area contributed by atoms with Crippen LogP contribution in [0.25, 0.3) is 0 Å². The SMILES string of the molecule is CC(C)[C@@H]1C=C2[C@H](O)C[C@H]3[C@](C)(C(=O)O)CCC[C@]3(C)[C@@]2(O)[C@H](O)C1. The second-order valence-electron chi connectivity index (χ2n) is 9.35. The van der Waals surface area contributed by atoms with E-state index in [-0.39, 0.29) is 11.8 Å². The van der Waals surface area contributed by atoms with E-state index in [0.717, 1.165) is 0 Å². The van der Waals surface area contributed by atoms with Gasteiger partial charge in [-0.3, -0.25) is 4.79 Å². The molecular weight excluding hydrogens is 320 g/mol. The fourth-order valence-electron chi connectivity index (χ4n) is 6.04. The summed E-state index contributed by atoms with van der Waals surface area (Å²) in [4.78, 5) is 12.0. The van der Waals surface area contributed by atoms with Gasteiger partial charge in [-0.05, 0) is 55.9 Å². The molecule has 0 aliphatic heterocycles. The molecule has 0 aromatic rings. The van der Waals surface area contributed by atoms with E-state index in [4.69, 9.17) is 0 Å². The number of hydrogen-bond acceptors (Lipinski definition) is 4. The van der Waals surface area contributed by atoms with Crippen LogP contribution < -0.4 is 0 Å². The van der Waals surface area contributed by atoms with Crippen molar-refractivity contribution in [3.05, 3.63) is 11.6 Å². The predicted octanol–water partition coefficient (Wildman–Crippen LogP) is 2.34. The minimum atomic E-state index is -1.56. The van der Waals surface area contributed by atoms with Crippen LogP contribution in [0.3, 0.4) is 0 Å². The maximum atomic E-state index is 12.0. The Balaban J connectivity index is 2.14.